The monoisotopic (exact) mass is 480 g/mol. The minimum atomic E-state index is -0.202. The molecule has 5 nitrogen and oxygen atoms in total. The summed E-state index contributed by atoms with van der Waals surface area (Å²) in [6, 6.07) is 18.1. The van der Waals surface area contributed by atoms with Crippen LogP contribution in [-0.4, -0.2) is 22.4 Å². The van der Waals surface area contributed by atoms with E-state index in [9.17, 15) is 4.79 Å². The van der Waals surface area contributed by atoms with Crippen molar-refractivity contribution in [2.24, 2.45) is 17.6 Å². The van der Waals surface area contributed by atoms with Crippen LogP contribution in [0.3, 0.4) is 0 Å². The molecule has 1 fully saturated rings. The highest BCUT2D eigenvalue weighted by molar-refractivity contribution is 9.10. The molecule has 4 N–H and O–H groups in total. The average Bonchev–Trinajstić information content (AvgIpc) is 3.30. The standard InChI is InChI=1S/C25H29BrN4O/c26-21-12-10-19(11-13-21)23-16-28-24(29-23)22(14-17-4-2-1-3-5-17)30-25(31)20-8-6-18(15-27)7-9-20/h1-5,10-13,16,18,20,22H,6-9,14-15,27H2,(H,28,29)(H,30,31)/t18-,20-,22-/m0/s1. The number of H-pyrrole nitrogens is 1. The molecule has 1 amide bonds. The van der Waals surface area contributed by atoms with Gasteiger partial charge in [-0.05, 0) is 62.3 Å². The fourth-order valence-electron chi connectivity index (χ4n) is 4.30. The van der Waals surface area contributed by atoms with E-state index in [-0.39, 0.29) is 17.9 Å². The van der Waals surface area contributed by atoms with Crippen molar-refractivity contribution in [3.63, 3.8) is 0 Å². The largest absolute Gasteiger partial charge is 0.346 e. The van der Waals surface area contributed by atoms with E-state index < -0.39 is 0 Å². The Morgan fingerprint density at radius 3 is 2.48 bits per heavy atom. The minimum absolute atomic E-state index is 0.0574. The number of carbonyl (C=O) groups excluding carboxylic acids is 1. The molecule has 31 heavy (non-hydrogen) atoms. The first kappa shape index (κ1) is 21.8. The van der Waals surface area contributed by atoms with Crippen LogP contribution in [-0.2, 0) is 11.2 Å². The Kier molecular flexibility index (Phi) is 7.20. The van der Waals surface area contributed by atoms with Gasteiger partial charge in [0.2, 0.25) is 5.91 Å². The normalized spacial score (nSPS) is 19.7. The molecule has 0 aliphatic heterocycles. The Morgan fingerprint density at radius 2 is 1.81 bits per heavy atom. The van der Waals surface area contributed by atoms with E-state index in [4.69, 9.17) is 10.7 Å². The van der Waals surface area contributed by atoms with Gasteiger partial charge >= 0.3 is 0 Å². The molecule has 1 aliphatic rings. The lowest BCUT2D eigenvalue weighted by Gasteiger charge is -2.28. The third-order valence-electron chi connectivity index (χ3n) is 6.22. The van der Waals surface area contributed by atoms with Crippen LogP contribution in [0.2, 0.25) is 0 Å². The highest BCUT2D eigenvalue weighted by Crippen LogP contribution is 2.29. The molecule has 6 heteroatoms. The molecule has 1 saturated carbocycles. The number of imidazole rings is 1. The minimum Gasteiger partial charge on any atom is -0.346 e. The number of aromatic amines is 1. The summed E-state index contributed by atoms with van der Waals surface area (Å²) in [6.07, 6.45) is 6.49. The van der Waals surface area contributed by atoms with Gasteiger partial charge in [0.1, 0.15) is 5.82 Å². The predicted molar refractivity (Wildman–Crippen MR) is 127 cm³/mol. The van der Waals surface area contributed by atoms with Crippen LogP contribution in [0.15, 0.2) is 65.3 Å². The van der Waals surface area contributed by atoms with Crippen LogP contribution >= 0.6 is 15.9 Å². The Morgan fingerprint density at radius 1 is 1.10 bits per heavy atom. The third-order valence-corrected chi connectivity index (χ3v) is 6.75. The van der Waals surface area contributed by atoms with Crippen LogP contribution in [0.25, 0.3) is 11.3 Å². The molecular weight excluding hydrogens is 452 g/mol. The molecule has 1 aromatic heterocycles. The molecule has 0 saturated heterocycles. The number of amides is 1. The summed E-state index contributed by atoms with van der Waals surface area (Å²) in [5.74, 6) is 1.52. The molecule has 1 heterocycles. The number of nitrogens with zero attached hydrogens (tertiary/aromatic N) is 1. The predicted octanol–water partition coefficient (Wildman–Crippen LogP) is 5.00. The maximum Gasteiger partial charge on any atom is 0.223 e. The number of aromatic nitrogens is 2. The fraction of sp³-hybridized carbons (Fsp3) is 0.360. The quantitative estimate of drug-likeness (QED) is 0.444. The van der Waals surface area contributed by atoms with Crippen LogP contribution in [0, 0.1) is 11.8 Å². The molecule has 4 rings (SSSR count). The van der Waals surface area contributed by atoms with E-state index in [1.54, 1.807) is 0 Å². The van der Waals surface area contributed by atoms with E-state index in [1.165, 1.54) is 5.56 Å². The van der Waals surface area contributed by atoms with E-state index in [2.05, 4.69) is 38.4 Å². The summed E-state index contributed by atoms with van der Waals surface area (Å²) >= 11 is 3.47. The molecule has 3 aromatic rings. The summed E-state index contributed by atoms with van der Waals surface area (Å²) in [5.41, 5.74) is 8.89. The Bertz CT molecular complexity index is 978. The zero-order chi connectivity index (χ0) is 21.6. The molecule has 0 spiro atoms. The van der Waals surface area contributed by atoms with Crippen LogP contribution in [0.5, 0.6) is 0 Å². The molecule has 0 bridgehead atoms. The van der Waals surface area contributed by atoms with Gasteiger partial charge < -0.3 is 16.0 Å². The summed E-state index contributed by atoms with van der Waals surface area (Å²) in [6.45, 7) is 0.718. The first-order chi connectivity index (χ1) is 15.1. The lowest BCUT2D eigenvalue weighted by molar-refractivity contribution is -0.127. The van der Waals surface area contributed by atoms with Crippen molar-refractivity contribution >= 4 is 21.8 Å². The number of nitrogens with one attached hydrogen (secondary N) is 2. The van der Waals surface area contributed by atoms with Gasteiger partial charge in [0.15, 0.2) is 0 Å². The lowest BCUT2D eigenvalue weighted by atomic mass is 9.81. The number of hydrogen-bond acceptors (Lipinski definition) is 3. The van der Waals surface area contributed by atoms with Crippen molar-refractivity contribution in [1.82, 2.24) is 15.3 Å². The lowest BCUT2D eigenvalue weighted by Crippen LogP contribution is -2.37. The maximum atomic E-state index is 13.1. The van der Waals surface area contributed by atoms with E-state index in [0.717, 1.165) is 53.8 Å². The molecular formula is C25H29BrN4O. The Balaban J connectivity index is 1.52. The van der Waals surface area contributed by atoms with E-state index in [1.807, 2.05) is 48.7 Å². The summed E-state index contributed by atoms with van der Waals surface area (Å²) < 4.78 is 1.03. The Hall–Kier alpha value is -2.44. The highest BCUT2D eigenvalue weighted by Gasteiger charge is 2.28. The third kappa shape index (κ3) is 5.63. The zero-order valence-corrected chi connectivity index (χ0v) is 19.1. The first-order valence-electron chi connectivity index (χ1n) is 11.0. The molecule has 1 aliphatic carbocycles. The van der Waals surface area contributed by atoms with Crippen molar-refractivity contribution < 1.29 is 4.79 Å². The van der Waals surface area contributed by atoms with Crippen LogP contribution in [0.4, 0.5) is 0 Å². The van der Waals surface area contributed by atoms with Gasteiger partial charge in [0.25, 0.3) is 0 Å². The second-order valence-corrected chi connectivity index (χ2v) is 9.30. The second-order valence-electron chi connectivity index (χ2n) is 8.38. The molecule has 162 valence electrons. The number of benzene rings is 2. The van der Waals surface area contributed by atoms with Gasteiger partial charge in [-0.25, -0.2) is 4.98 Å². The number of rotatable bonds is 7. The molecule has 2 aromatic carbocycles. The second kappa shape index (κ2) is 10.2. The summed E-state index contributed by atoms with van der Waals surface area (Å²) in [4.78, 5) is 21.2. The maximum absolute atomic E-state index is 13.1. The number of halogens is 1. The van der Waals surface area contributed by atoms with Gasteiger partial charge in [-0.3, -0.25) is 4.79 Å². The van der Waals surface area contributed by atoms with Crippen LogP contribution in [0.1, 0.15) is 43.1 Å². The summed E-state index contributed by atoms with van der Waals surface area (Å²) in [7, 11) is 0. The Labute approximate surface area is 192 Å². The van der Waals surface area contributed by atoms with Gasteiger partial charge in [-0.15, -0.1) is 0 Å². The van der Waals surface area contributed by atoms with Gasteiger partial charge in [-0.2, -0.15) is 0 Å². The average molecular weight is 481 g/mol. The first-order valence-corrected chi connectivity index (χ1v) is 11.8. The van der Waals surface area contributed by atoms with E-state index >= 15 is 0 Å². The van der Waals surface area contributed by atoms with Crippen molar-refractivity contribution in [2.45, 2.75) is 38.1 Å². The summed E-state index contributed by atoms with van der Waals surface area (Å²) in [5, 5.41) is 3.29. The SMILES string of the molecule is NC[C@H]1CC[C@H](C(=O)N[C@@H](Cc2ccccc2)c2nc(-c3ccc(Br)cc3)c[nH]2)CC1. The van der Waals surface area contributed by atoms with Crippen molar-refractivity contribution in [3.8, 4) is 11.3 Å². The van der Waals surface area contributed by atoms with Gasteiger partial charge in [-0.1, -0.05) is 58.4 Å². The smallest absolute Gasteiger partial charge is 0.223 e. The van der Waals surface area contributed by atoms with E-state index in [0.29, 0.717) is 12.3 Å². The van der Waals surface area contributed by atoms with Gasteiger partial charge in [0, 0.05) is 22.2 Å². The molecule has 0 radical (unpaired) electrons. The van der Waals surface area contributed by atoms with Gasteiger partial charge in [0.05, 0.1) is 11.7 Å². The fourth-order valence-corrected chi connectivity index (χ4v) is 4.56. The topological polar surface area (TPSA) is 83.8 Å². The number of hydrogen-bond donors (Lipinski definition) is 3. The molecule has 1 atom stereocenters. The molecule has 0 unspecified atom stereocenters. The number of carbonyl (C=O) groups is 1. The van der Waals surface area contributed by atoms with Crippen molar-refractivity contribution in [1.29, 1.82) is 0 Å². The van der Waals surface area contributed by atoms with Crippen molar-refractivity contribution in [2.75, 3.05) is 6.54 Å². The van der Waals surface area contributed by atoms with Crippen molar-refractivity contribution in [3.05, 3.63) is 76.7 Å². The highest BCUT2D eigenvalue weighted by atomic mass is 79.9. The number of nitrogens with two attached hydrogens (primary N) is 1. The van der Waals surface area contributed by atoms with Crippen LogP contribution < -0.4 is 11.1 Å². The zero-order valence-electron chi connectivity index (χ0n) is 17.6.